The lowest BCUT2D eigenvalue weighted by Crippen LogP contribution is -2.37. The third-order valence-electron chi connectivity index (χ3n) is 2.46. The second-order valence-corrected chi connectivity index (χ2v) is 4.32. The number of aryl methyl sites for hydroxylation is 1. The van der Waals surface area contributed by atoms with Crippen LogP contribution in [0.5, 0.6) is 0 Å². The Morgan fingerprint density at radius 2 is 2.33 bits per heavy atom. The Labute approximate surface area is 92.8 Å². The first kappa shape index (κ1) is 10.4. The van der Waals surface area contributed by atoms with E-state index in [9.17, 15) is 4.79 Å². The van der Waals surface area contributed by atoms with Gasteiger partial charge in [0.1, 0.15) is 0 Å². The molecule has 0 bridgehead atoms. The second kappa shape index (κ2) is 3.47. The molecule has 1 fully saturated rings. The highest BCUT2D eigenvalue weighted by atomic mass is 35.5. The topological polar surface area (TPSA) is 68.0 Å². The number of pyridine rings is 1. The number of hydrogen-bond acceptors (Lipinski definition) is 3. The predicted molar refractivity (Wildman–Crippen MR) is 58.8 cm³/mol. The van der Waals surface area contributed by atoms with Crippen LogP contribution in [0.1, 0.15) is 18.4 Å². The van der Waals surface area contributed by atoms with E-state index in [2.05, 4.69) is 10.3 Å². The Morgan fingerprint density at radius 1 is 1.67 bits per heavy atom. The molecular formula is C10H12ClN3O. The maximum atomic E-state index is 11.6. The second-order valence-electron chi connectivity index (χ2n) is 3.96. The zero-order chi connectivity index (χ0) is 11.1. The molecule has 0 atom stereocenters. The summed E-state index contributed by atoms with van der Waals surface area (Å²) in [6.07, 6.45) is 3.11. The van der Waals surface area contributed by atoms with Crippen molar-refractivity contribution in [3.63, 3.8) is 0 Å². The van der Waals surface area contributed by atoms with E-state index in [-0.39, 0.29) is 5.91 Å². The fraction of sp³-hybridized carbons (Fsp3) is 0.400. The summed E-state index contributed by atoms with van der Waals surface area (Å²) in [5, 5.41) is 2.99. The van der Waals surface area contributed by atoms with Crippen molar-refractivity contribution >= 4 is 23.2 Å². The van der Waals surface area contributed by atoms with Crippen molar-refractivity contribution in [2.24, 2.45) is 5.73 Å². The van der Waals surface area contributed by atoms with E-state index in [1.54, 1.807) is 12.3 Å². The third kappa shape index (κ3) is 2.11. The maximum Gasteiger partial charge on any atom is 0.244 e. The van der Waals surface area contributed by atoms with Gasteiger partial charge in [0, 0.05) is 6.20 Å². The number of anilines is 1. The minimum atomic E-state index is -0.687. The molecule has 1 amide bonds. The summed E-state index contributed by atoms with van der Waals surface area (Å²) >= 11 is 5.84. The molecule has 0 aromatic carbocycles. The Balaban J connectivity index is 2.16. The first-order chi connectivity index (χ1) is 7.01. The zero-order valence-electron chi connectivity index (χ0n) is 8.38. The number of nitrogens with zero attached hydrogens (tertiary/aromatic N) is 1. The van der Waals surface area contributed by atoms with E-state index in [4.69, 9.17) is 17.3 Å². The summed E-state index contributed by atoms with van der Waals surface area (Å²) in [5.74, 6) is -0.184. The standard InChI is InChI=1S/C10H12ClN3O/c1-6-4-7(8(11)13-5-6)14-9(15)10(12)2-3-10/h4-5H,2-3,12H2,1H3,(H,14,15). The van der Waals surface area contributed by atoms with Gasteiger partial charge in [-0.15, -0.1) is 0 Å². The van der Waals surface area contributed by atoms with Crippen LogP contribution in [0.4, 0.5) is 5.69 Å². The van der Waals surface area contributed by atoms with Crippen LogP contribution in [0.15, 0.2) is 12.3 Å². The molecule has 5 heteroatoms. The number of halogens is 1. The van der Waals surface area contributed by atoms with Crippen LogP contribution in [0, 0.1) is 6.92 Å². The summed E-state index contributed by atoms with van der Waals surface area (Å²) in [6, 6.07) is 1.78. The van der Waals surface area contributed by atoms with Crippen molar-refractivity contribution < 1.29 is 4.79 Å². The van der Waals surface area contributed by atoms with Crippen LogP contribution in [-0.4, -0.2) is 16.4 Å². The average Bonchev–Trinajstić information content (AvgIpc) is 2.91. The Hall–Kier alpha value is -1.13. The summed E-state index contributed by atoms with van der Waals surface area (Å²) in [6.45, 7) is 1.88. The number of rotatable bonds is 2. The molecule has 1 saturated carbocycles. The van der Waals surface area contributed by atoms with Crippen molar-refractivity contribution in [2.75, 3.05) is 5.32 Å². The van der Waals surface area contributed by atoms with Gasteiger partial charge in [-0.25, -0.2) is 4.98 Å². The van der Waals surface area contributed by atoms with Crippen LogP contribution < -0.4 is 11.1 Å². The lowest BCUT2D eigenvalue weighted by Gasteiger charge is -2.11. The van der Waals surface area contributed by atoms with Gasteiger partial charge in [-0.2, -0.15) is 0 Å². The van der Waals surface area contributed by atoms with Crippen LogP contribution in [0.25, 0.3) is 0 Å². The first-order valence-corrected chi connectivity index (χ1v) is 5.11. The van der Waals surface area contributed by atoms with Crippen molar-refractivity contribution in [1.29, 1.82) is 0 Å². The van der Waals surface area contributed by atoms with Gasteiger partial charge in [0.15, 0.2) is 5.15 Å². The number of amides is 1. The predicted octanol–water partition coefficient (Wildman–Crippen LogP) is 1.47. The van der Waals surface area contributed by atoms with Gasteiger partial charge in [0.2, 0.25) is 5.91 Å². The fourth-order valence-electron chi connectivity index (χ4n) is 1.25. The van der Waals surface area contributed by atoms with Crippen molar-refractivity contribution in [3.05, 3.63) is 23.0 Å². The third-order valence-corrected chi connectivity index (χ3v) is 2.77. The molecule has 1 aromatic heterocycles. The van der Waals surface area contributed by atoms with E-state index < -0.39 is 5.54 Å². The van der Waals surface area contributed by atoms with E-state index in [0.717, 1.165) is 18.4 Å². The van der Waals surface area contributed by atoms with Gasteiger partial charge in [-0.1, -0.05) is 11.6 Å². The monoisotopic (exact) mass is 225 g/mol. The quantitative estimate of drug-likeness (QED) is 0.749. The molecule has 0 saturated heterocycles. The van der Waals surface area contributed by atoms with Crippen LogP contribution in [0.2, 0.25) is 5.15 Å². The molecular weight excluding hydrogens is 214 g/mol. The molecule has 1 aliphatic rings. The lowest BCUT2D eigenvalue weighted by atomic mass is 10.2. The largest absolute Gasteiger partial charge is 0.322 e. The summed E-state index contributed by atoms with van der Waals surface area (Å²) in [4.78, 5) is 15.6. The van der Waals surface area contributed by atoms with Gasteiger partial charge >= 0.3 is 0 Å². The minimum absolute atomic E-state index is 0.184. The highest BCUT2D eigenvalue weighted by molar-refractivity contribution is 6.32. The Bertz CT molecular complexity index is 415. The number of carbonyl (C=O) groups excluding carboxylic acids is 1. The van der Waals surface area contributed by atoms with Gasteiger partial charge in [0.25, 0.3) is 0 Å². The summed E-state index contributed by atoms with van der Waals surface area (Å²) in [7, 11) is 0. The number of carbonyl (C=O) groups is 1. The van der Waals surface area contributed by atoms with Gasteiger partial charge in [-0.3, -0.25) is 4.79 Å². The fourth-order valence-corrected chi connectivity index (χ4v) is 1.40. The van der Waals surface area contributed by atoms with Crippen LogP contribution >= 0.6 is 11.6 Å². The first-order valence-electron chi connectivity index (χ1n) is 4.74. The van der Waals surface area contributed by atoms with Crippen molar-refractivity contribution in [2.45, 2.75) is 25.3 Å². The zero-order valence-corrected chi connectivity index (χ0v) is 9.14. The smallest absolute Gasteiger partial charge is 0.244 e. The maximum absolute atomic E-state index is 11.6. The van der Waals surface area contributed by atoms with Crippen molar-refractivity contribution in [3.8, 4) is 0 Å². The van der Waals surface area contributed by atoms with Gasteiger partial charge in [0.05, 0.1) is 11.2 Å². The molecule has 1 aliphatic carbocycles. The van der Waals surface area contributed by atoms with E-state index in [1.807, 2.05) is 6.92 Å². The molecule has 0 spiro atoms. The molecule has 3 N–H and O–H groups in total. The number of aromatic nitrogens is 1. The Kier molecular flexibility index (Phi) is 2.40. The SMILES string of the molecule is Cc1cnc(Cl)c(NC(=O)C2(N)CC2)c1. The minimum Gasteiger partial charge on any atom is -0.322 e. The molecule has 4 nitrogen and oxygen atoms in total. The normalized spacial score (nSPS) is 17.3. The van der Waals surface area contributed by atoms with Gasteiger partial charge < -0.3 is 11.1 Å². The van der Waals surface area contributed by atoms with Crippen LogP contribution in [-0.2, 0) is 4.79 Å². The van der Waals surface area contributed by atoms with Crippen LogP contribution in [0.3, 0.4) is 0 Å². The number of nitrogens with two attached hydrogens (primary N) is 1. The van der Waals surface area contributed by atoms with Gasteiger partial charge in [-0.05, 0) is 31.4 Å². The summed E-state index contributed by atoms with van der Waals surface area (Å²) < 4.78 is 0. The molecule has 15 heavy (non-hydrogen) atoms. The van der Waals surface area contributed by atoms with E-state index >= 15 is 0 Å². The molecule has 2 rings (SSSR count). The molecule has 80 valence electrons. The lowest BCUT2D eigenvalue weighted by molar-refractivity contribution is -0.118. The van der Waals surface area contributed by atoms with Crippen molar-refractivity contribution in [1.82, 2.24) is 4.98 Å². The molecule has 1 aromatic rings. The molecule has 0 radical (unpaired) electrons. The van der Waals surface area contributed by atoms with E-state index in [0.29, 0.717) is 10.8 Å². The highest BCUT2D eigenvalue weighted by Gasteiger charge is 2.46. The molecule has 1 heterocycles. The summed E-state index contributed by atoms with van der Waals surface area (Å²) in [5.41, 5.74) is 6.53. The highest BCUT2D eigenvalue weighted by Crippen LogP contribution is 2.34. The number of hydrogen-bond donors (Lipinski definition) is 2. The number of nitrogens with one attached hydrogen (secondary N) is 1. The molecule has 0 aliphatic heterocycles. The van der Waals surface area contributed by atoms with E-state index in [1.165, 1.54) is 0 Å². The Morgan fingerprint density at radius 3 is 2.93 bits per heavy atom. The average molecular weight is 226 g/mol. The molecule has 0 unspecified atom stereocenters.